The molecule has 3 rings (SSSR count). The van der Waals surface area contributed by atoms with Crippen molar-refractivity contribution in [3.63, 3.8) is 0 Å². The highest BCUT2D eigenvalue weighted by Gasteiger charge is 2.32. The minimum atomic E-state index is -0.404. The first kappa shape index (κ1) is 14.9. The average molecular weight is 302 g/mol. The largest absolute Gasteiger partial charge is 0.497 e. The molecule has 1 aromatic carbocycles. The van der Waals surface area contributed by atoms with Crippen molar-refractivity contribution < 1.29 is 14.2 Å². The Morgan fingerprint density at radius 3 is 3.00 bits per heavy atom. The number of likely N-dealkylation sites (tertiary alicyclic amines) is 1. The number of pyridine rings is 1. The van der Waals surface area contributed by atoms with Gasteiger partial charge in [0, 0.05) is 31.4 Å². The molecule has 2 aromatic rings. The number of methoxy groups -OCH3 is 1. The fraction of sp³-hybridized carbons (Fsp3) is 0.353. The fourth-order valence-electron chi connectivity index (χ4n) is 2.99. The van der Waals surface area contributed by atoms with Crippen molar-refractivity contribution in [2.24, 2.45) is 0 Å². The average Bonchev–Trinajstić information content (AvgIpc) is 2.88. The maximum absolute atomic E-state index is 13.5. The molecule has 0 unspecified atom stereocenters. The van der Waals surface area contributed by atoms with Crippen LogP contribution in [0.2, 0.25) is 0 Å². The first-order valence-electron chi connectivity index (χ1n) is 7.32. The summed E-state index contributed by atoms with van der Waals surface area (Å²) in [6.07, 6.45) is 1.91. The van der Waals surface area contributed by atoms with E-state index in [9.17, 15) is 9.50 Å². The zero-order valence-corrected chi connectivity index (χ0v) is 12.4. The Bertz CT molecular complexity index is 650. The molecule has 1 fully saturated rings. The molecule has 1 saturated heterocycles. The number of aliphatic hydroxyl groups excluding tert-OH is 1. The fourth-order valence-corrected chi connectivity index (χ4v) is 2.99. The van der Waals surface area contributed by atoms with E-state index < -0.39 is 6.10 Å². The molecule has 0 saturated carbocycles. The van der Waals surface area contributed by atoms with Crippen LogP contribution >= 0.6 is 0 Å². The Hall–Kier alpha value is -1.98. The van der Waals surface area contributed by atoms with Gasteiger partial charge in [-0.1, -0.05) is 12.1 Å². The van der Waals surface area contributed by atoms with Crippen LogP contribution in [0, 0.1) is 5.82 Å². The number of hydrogen-bond acceptors (Lipinski definition) is 4. The van der Waals surface area contributed by atoms with Crippen molar-refractivity contribution in [2.45, 2.75) is 25.1 Å². The van der Waals surface area contributed by atoms with Gasteiger partial charge in [0.25, 0.3) is 0 Å². The summed E-state index contributed by atoms with van der Waals surface area (Å²) in [7, 11) is 1.62. The molecule has 0 amide bonds. The summed E-state index contributed by atoms with van der Waals surface area (Å²) in [6, 6.07) is 10.3. The Kier molecular flexibility index (Phi) is 4.36. The van der Waals surface area contributed by atoms with Crippen molar-refractivity contribution in [2.75, 3.05) is 13.7 Å². The lowest BCUT2D eigenvalue weighted by atomic mass is 10.0. The van der Waals surface area contributed by atoms with E-state index in [-0.39, 0.29) is 11.9 Å². The van der Waals surface area contributed by atoms with Crippen LogP contribution in [0.4, 0.5) is 4.39 Å². The molecule has 0 bridgehead atoms. The Morgan fingerprint density at radius 1 is 1.36 bits per heavy atom. The van der Waals surface area contributed by atoms with E-state index in [0.717, 1.165) is 17.0 Å². The molecule has 116 valence electrons. The highest BCUT2D eigenvalue weighted by Crippen LogP contribution is 2.33. The summed E-state index contributed by atoms with van der Waals surface area (Å²) < 4.78 is 18.7. The van der Waals surface area contributed by atoms with E-state index in [4.69, 9.17) is 4.74 Å². The highest BCUT2D eigenvalue weighted by molar-refractivity contribution is 5.24. The van der Waals surface area contributed by atoms with Gasteiger partial charge in [-0.2, -0.15) is 0 Å². The summed E-state index contributed by atoms with van der Waals surface area (Å²) in [5.41, 5.74) is 1.76. The van der Waals surface area contributed by atoms with Crippen molar-refractivity contribution in [3.05, 3.63) is 59.7 Å². The Labute approximate surface area is 129 Å². The minimum absolute atomic E-state index is 0.00120. The smallest absolute Gasteiger partial charge is 0.123 e. The monoisotopic (exact) mass is 302 g/mol. The normalized spacial score (nSPS) is 22.0. The third kappa shape index (κ3) is 3.26. The number of nitrogens with zero attached hydrogens (tertiary/aromatic N) is 2. The standard InChI is InChI=1S/C17H19FN2O2/c1-22-16-5-6-19-14(8-16)10-20-11-15(21)9-17(20)12-3-2-4-13(18)7-12/h2-8,15,17,21H,9-11H2,1H3/t15-,17-/m0/s1. The zero-order chi connectivity index (χ0) is 15.5. The van der Waals surface area contributed by atoms with Crippen LogP contribution in [0.3, 0.4) is 0 Å². The molecule has 0 radical (unpaired) electrons. The molecule has 1 N–H and O–H groups in total. The first-order chi connectivity index (χ1) is 10.7. The van der Waals surface area contributed by atoms with Crippen LogP contribution in [0.15, 0.2) is 42.6 Å². The quantitative estimate of drug-likeness (QED) is 0.943. The predicted molar refractivity (Wildman–Crippen MR) is 81.0 cm³/mol. The number of hydrogen-bond donors (Lipinski definition) is 1. The maximum Gasteiger partial charge on any atom is 0.123 e. The van der Waals surface area contributed by atoms with E-state index in [1.165, 1.54) is 12.1 Å². The van der Waals surface area contributed by atoms with Gasteiger partial charge in [-0.05, 0) is 30.2 Å². The third-order valence-corrected chi connectivity index (χ3v) is 4.00. The van der Waals surface area contributed by atoms with Gasteiger partial charge in [0.2, 0.25) is 0 Å². The van der Waals surface area contributed by atoms with Crippen molar-refractivity contribution in [3.8, 4) is 5.75 Å². The molecule has 0 aliphatic carbocycles. The van der Waals surface area contributed by atoms with Crippen molar-refractivity contribution in [1.82, 2.24) is 9.88 Å². The molecule has 2 heterocycles. The van der Waals surface area contributed by atoms with Gasteiger partial charge < -0.3 is 9.84 Å². The van der Waals surface area contributed by atoms with Gasteiger partial charge in [0.05, 0.1) is 18.9 Å². The molecule has 1 aliphatic rings. The SMILES string of the molecule is COc1ccnc(CN2C[C@@H](O)C[C@H]2c2cccc(F)c2)c1. The van der Waals surface area contributed by atoms with Gasteiger partial charge in [-0.15, -0.1) is 0 Å². The zero-order valence-electron chi connectivity index (χ0n) is 12.4. The van der Waals surface area contributed by atoms with Gasteiger partial charge in [-0.25, -0.2) is 4.39 Å². The lowest BCUT2D eigenvalue weighted by Gasteiger charge is -2.24. The Morgan fingerprint density at radius 2 is 2.23 bits per heavy atom. The van der Waals surface area contributed by atoms with Gasteiger partial charge in [-0.3, -0.25) is 9.88 Å². The van der Waals surface area contributed by atoms with Gasteiger partial charge in [0.1, 0.15) is 11.6 Å². The van der Waals surface area contributed by atoms with E-state index in [2.05, 4.69) is 9.88 Å². The van der Waals surface area contributed by atoms with Crippen molar-refractivity contribution in [1.29, 1.82) is 0 Å². The highest BCUT2D eigenvalue weighted by atomic mass is 19.1. The molecule has 0 spiro atoms. The molecule has 4 nitrogen and oxygen atoms in total. The van der Waals surface area contributed by atoms with Crippen LogP contribution in [0.25, 0.3) is 0 Å². The third-order valence-electron chi connectivity index (χ3n) is 4.00. The number of aliphatic hydroxyl groups is 1. The van der Waals surface area contributed by atoms with Crippen LogP contribution < -0.4 is 4.74 Å². The van der Waals surface area contributed by atoms with Crippen LogP contribution in [0.1, 0.15) is 23.7 Å². The second kappa shape index (κ2) is 6.42. The number of halogens is 1. The van der Waals surface area contributed by atoms with Crippen LogP contribution in [0.5, 0.6) is 5.75 Å². The number of benzene rings is 1. The first-order valence-corrected chi connectivity index (χ1v) is 7.32. The molecule has 2 atom stereocenters. The second-order valence-electron chi connectivity index (χ2n) is 5.58. The summed E-state index contributed by atoms with van der Waals surface area (Å²) >= 11 is 0. The lowest BCUT2D eigenvalue weighted by molar-refractivity contribution is 0.172. The van der Waals surface area contributed by atoms with E-state index >= 15 is 0 Å². The second-order valence-corrected chi connectivity index (χ2v) is 5.58. The predicted octanol–water partition coefficient (Wildman–Crippen LogP) is 2.54. The summed E-state index contributed by atoms with van der Waals surface area (Å²) in [4.78, 5) is 6.47. The lowest BCUT2D eigenvalue weighted by Crippen LogP contribution is -2.24. The molecule has 22 heavy (non-hydrogen) atoms. The molecular weight excluding hydrogens is 283 g/mol. The maximum atomic E-state index is 13.5. The van der Waals surface area contributed by atoms with Crippen LogP contribution in [-0.4, -0.2) is 34.7 Å². The number of β-amino-alcohol motifs (C(OH)–C–C–N with tert-alkyl or cyclic N) is 1. The van der Waals surface area contributed by atoms with Gasteiger partial charge >= 0.3 is 0 Å². The van der Waals surface area contributed by atoms with E-state index in [1.54, 1.807) is 25.4 Å². The summed E-state index contributed by atoms with van der Waals surface area (Å²) in [5.74, 6) is 0.505. The number of rotatable bonds is 4. The minimum Gasteiger partial charge on any atom is -0.497 e. The summed E-state index contributed by atoms with van der Waals surface area (Å²) in [6.45, 7) is 1.15. The molecule has 1 aliphatic heterocycles. The number of aromatic nitrogens is 1. The van der Waals surface area contributed by atoms with Crippen LogP contribution in [-0.2, 0) is 6.54 Å². The molecule has 1 aromatic heterocycles. The topological polar surface area (TPSA) is 45.6 Å². The van der Waals surface area contributed by atoms with Gasteiger partial charge in [0.15, 0.2) is 0 Å². The summed E-state index contributed by atoms with van der Waals surface area (Å²) in [5, 5.41) is 10.00. The Balaban J connectivity index is 1.81. The van der Waals surface area contributed by atoms with Crippen molar-refractivity contribution >= 4 is 0 Å². The molecule has 5 heteroatoms. The molecular formula is C17H19FN2O2. The van der Waals surface area contributed by atoms with E-state index in [0.29, 0.717) is 19.5 Å². The van der Waals surface area contributed by atoms with E-state index in [1.807, 2.05) is 12.1 Å². The number of ether oxygens (including phenoxy) is 1.